The third-order valence-corrected chi connectivity index (χ3v) is 4.44. The monoisotopic (exact) mass is 406 g/mol. The van der Waals surface area contributed by atoms with E-state index >= 15 is 0 Å². The van der Waals surface area contributed by atoms with Gasteiger partial charge in [-0.15, -0.1) is 25.6 Å². The Hall–Kier alpha value is -1.84. The molecule has 3 rings (SSSR count). The quantitative estimate of drug-likeness (QED) is 0.753. The van der Waals surface area contributed by atoms with Gasteiger partial charge in [0.25, 0.3) is 0 Å². The van der Waals surface area contributed by atoms with Crippen molar-refractivity contribution in [2.75, 3.05) is 0 Å². The molecule has 27 heavy (non-hydrogen) atoms. The zero-order chi connectivity index (χ0) is 18.6. The zero-order valence-electron chi connectivity index (χ0n) is 14.6. The Kier molecular flexibility index (Phi) is 7.46. The molecule has 10 heteroatoms. The third-order valence-electron chi connectivity index (χ3n) is 4.44. The van der Waals surface area contributed by atoms with Crippen LogP contribution in [0.15, 0.2) is 28.8 Å². The predicted molar refractivity (Wildman–Crippen MR) is 94.1 cm³/mol. The molecule has 1 aliphatic carbocycles. The molecule has 2 N–H and O–H groups in total. The van der Waals surface area contributed by atoms with Crippen molar-refractivity contribution in [3.8, 4) is 5.75 Å². The molecule has 1 aromatic heterocycles. The highest BCUT2D eigenvalue weighted by atomic mass is 35.5. The molecule has 1 heterocycles. The first kappa shape index (κ1) is 21.5. The normalized spacial score (nSPS) is 15.1. The maximum absolute atomic E-state index is 12.7. The van der Waals surface area contributed by atoms with Gasteiger partial charge in [0.1, 0.15) is 5.75 Å². The number of benzene rings is 1. The van der Waals surface area contributed by atoms with Crippen LogP contribution in [0.3, 0.4) is 0 Å². The Morgan fingerprint density at radius 2 is 1.89 bits per heavy atom. The first-order chi connectivity index (χ1) is 12.4. The average molecular weight is 407 g/mol. The van der Waals surface area contributed by atoms with Crippen LogP contribution in [0.2, 0.25) is 0 Å². The molecular weight excluding hydrogens is 385 g/mol. The number of ether oxygens (including phenoxy) is 1. The van der Waals surface area contributed by atoms with Gasteiger partial charge in [-0.25, -0.2) is 0 Å². The number of alkyl halides is 3. The fourth-order valence-electron chi connectivity index (χ4n) is 3.28. The van der Waals surface area contributed by atoms with Gasteiger partial charge in [-0.1, -0.05) is 36.2 Å². The van der Waals surface area contributed by atoms with E-state index in [0.717, 1.165) is 25.7 Å². The summed E-state index contributed by atoms with van der Waals surface area (Å²) in [6, 6.07) is 6.46. The predicted octanol–water partition coefficient (Wildman–Crippen LogP) is 3.79. The summed E-state index contributed by atoms with van der Waals surface area (Å²) in [5, 5.41) is 3.90. The Morgan fingerprint density at radius 3 is 2.52 bits per heavy atom. The summed E-state index contributed by atoms with van der Waals surface area (Å²) in [5.41, 5.74) is 5.96. The minimum atomic E-state index is -4.72. The van der Waals surface area contributed by atoms with Crippen LogP contribution in [-0.4, -0.2) is 27.4 Å². The van der Waals surface area contributed by atoms with Crippen LogP contribution in [0.4, 0.5) is 13.2 Å². The topological polar surface area (TPSA) is 77.4 Å². The van der Waals surface area contributed by atoms with E-state index in [1.54, 1.807) is 12.1 Å². The summed E-state index contributed by atoms with van der Waals surface area (Å²) in [4.78, 5) is 6.29. The lowest BCUT2D eigenvalue weighted by Gasteiger charge is -2.28. The largest absolute Gasteiger partial charge is 0.573 e. The molecule has 0 aliphatic heterocycles. The van der Waals surface area contributed by atoms with E-state index < -0.39 is 6.36 Å². The maximum atomic E-state index is 12.7. The Bertz CT molecular complexity index is 720. The first-order valence-electron chi connectivity index (χ1n) is 8.54. The summed E-state index contributed by atoms with van der Waals surface area (Å²) in [6.07, 6.45) is -0.546. The van der Waals surface area contributed by atoms with E-state index in [-0.39, 0.29) is 30.7 Å². The molecule has 0 saturated heterocycles. The van der Waals surface area contributed by atoms with E-state index in [2.05, 4.69) is 19.8 Å². The molecule has 1 aromatic carbocycles. The van der Waals surface area contributed by atoms with Crippen LogP contribution < -0.4 is 10.5 Å². The molecule has 1 fully saturated rings. The summed E-state index contributed by atoms with van der Waals surface area (Å²) in [7, 11) is 0. The second kappa shape index (κ2) is 9.38. The molecule has 0 bridgehead atoms. The van der Waals surface area contributed by atoms with Gasteiger partial charge in [0.2, 0.25) is 5.89 Å². The maximum Gasteiger partial charge on any atom is 0.573 e. The zero-order valence-corrected chi connectivity index (χ0v) is 15.4. The van der Waals surface area contributed by atoms with Crippen LogP contribution in [0.5, 0.6) is 5.75 Å². The standard InChI is InChI=1S/C17H21F3N4O2.ClH/c18-17(19,20)25-14-8-4-1-5-12(14)10-24(13-6-2-3-7-13)11-15-22-16(9-21)26-23-15;/h1,4-5,8,13H,2-3,6-7,9-11,21H2;1H. The van der Waals surface area contributed by atoms with Crippen molar-refractivity contribution in [2.45, 2.75) is 57.7 Å². The second-order valence-electron chi connectivity index (χ2n) is 6.31. The molecule has 2 aromatic rings. The third kappa shape index (κ3) is 6.08. The number of hydrogen-bond donors (Lipinski definition) is 1. The summed E-state index contributed by atoms with van der Waals surface area (Å²) in [6.45, 7) is 0.844. The van der Waals surface area contributed by atoms with Crippen molar-refractivity contribution in [3.05, 3.63) is 41.5 Å². The van der Waals surface area contributed by atoms with Gasteiger partial charge in [0.15, 0.2) is 5.82 Å². The number of aromatic nitrogens is 2. The van der Waals surface area contributed by atoms with Crippen molar-refractivity contribution in [2.24, 2.45) is 5.73 Å². The number of halogens is 4. The van der Waals surface area contributed by atoms with E-state index in [1.807, 2.05) is 0 Å². The fraction of sp³-hybridized carbons (Fsp3) is 0.529. The number of hydrogen-bond acceptors (Lipinski definition) is 6. The van der Waals surface area contributed by atoms with E-state index in [4.69, 9.17) is 10.3 Å². The Morgan fingerprint density at radius 1 is 1.19 bits per heavy atom. The smallest absolute Gasteiger partial charge is 0.405 e. The highest BCUT2D eigenvalue weighted by Gasteiger charge is 2.32. The van der Waals surface area contributed by atoms with Gasteiger partial charge < -0.3 is 15.0 Å². The van der Waals surface area contributed by atoms with Crippen LogP contribution >= 0.6 is 12.4 Å². The van der Waals surface area contributed by atoms with E-state index in [9.17, 15) is 13.2 Å². The van der Waals surface area contributed by atoms with Gasteiger partial charge in [0.05, 0.1) is 13.1 Å². The summed E-state index contributed by atoms with van der Waals surface area (Å²) < 4.78 is 47.2. The van der Waals surface area contributed by atoms with Crippen molar-refractivity contribution >= 4 is 12.4 Å². The minimum Gasteiger partial charge on any atom is -0.405 e. The first-order valence-corrected chi connectivity index (χ1v) is 8.54. The van der Waals surface area contributed by atoms with Crippen molar-refractivity contribution in [3.63, 3.8) is 0 Å². The lowest BCUT2D eigenvalue weighted by atomic mass is 10.1. The van der Waals surface area contributed by atoms with Crippen molar-refractivity contribution in [1.82, 2.24) is 15.0 Å². The average Bonchev–Trinajstić information content (AvgIpc) is 3.26. The molecular formula is C17H22ClF3N4O2. The highest BCUT2D eigenvalue weighted by molar-refractivity contribution is 5.85. The van der Waals surface area contributed by atoms with Gasteiger partial charge in [0, 0.05) is 18.2 Å². The molecule has 0 atom stereocenters. The van der Waals surface area contributed by atoms with Gasteiger partial charge >= 0.3 is 6.36 Å². The number of nitrogens with two attached hydrogens (primary N) is 1. The minimum absolute atomic E-state index is 0. The van der Waals surface area contributed by atoms with Crippen molar-refractivity contribution in [1.29, 1.82) is 0 Å². The number of nitrogens with zero attached hydrogens (tertiary/aromatic N) is 3. The van der Waals surface area contributed by atoms with Crippen LogP contribution in [-0.2, 0) is 19.6 Å². The Labute approximate surface area is 161 Å². The van der Waals surface area contributed by atoms with Crippen molar-refractivity contribution < 1.29 is 22.4 Å². The highest BCUT2D eigenvalue weighted by Crippen LogP contribution is 2.31. The van der Waals surface area contributed by atoms with Crippen LogP contribution in [0.1, 0.15) is 43.0 Å². The van der Waals surface area contributed by atoms with Crippen LogP contribution in [0.25, 0.3) is 0 Å². The van der Waals surface area contributed by atoms with Gasteiger partial charge in [-0.3, -0.25) is 4.90 Å². The summed E-state index contributed by atoms with van der Waals surface area (Å²) >= 11 is 0. The second-order valence-corrected chi connectivity index (χ2v) is 6.31. The molecule has 0 radical (unpaired) electrons. The molecule has 150 valence electrons. The van der Waals surface area contributed by atoms with Crippen LogP contribution in [0, 0.1) is 0 Å². The molecule has 0 amide bonds. The molecule has 0 spiro atoms. The lowest BCUT2D eigenvalue weighted by molar-refractivity contribution is -0.275. The van der Waals surface area contributed by atoms with Gasteiger partial charge in [-0.2, -0.15) is 4.98 Å². The fourth-order valence-corrected chi connectivity index (χ4v) is 3.28. The number of rotatable bonds is 7. The number of para-hydroxylation sites is 1. The SMILES string of the molecule is Cl.NCc1nc(CN(Cc2ccccc2OC(F)(F)F)C2CCCC2)no1. The Balaban J connectivity index is 0.00000261. The van der Waals surface area contributed by atoms with E-state index in [1.165, 1.54) is 12.1 Å². The lowest BCUT2D eigenvalue weighted by Crippen LogP contribution is -2.33. The molecule has 6 nitrogen and oxygen atoms in total. The molecule has 0 unspecified atom stereocenters. The summed E-state index contributed by atoms with van der Waals surface area (Å²) in [5.74, 6) is 0.637. The van der Waals surface area contributed by atoms with E-state index in [0.29, 0.717) is 30.4 Å². The molecule has 1 aliphatic rings. The molecule has 1 saturated carbocycles. The van der Waals surface area contributed by atoms with Gasteiger partial charge in [-0.05, 0) is 18.9 Å².